The minimum absolute atomic E-state index is 0.709. The van der Waals surface area contributed by atoms with E-state index < -0.39 is 10.7 Å². The van der Waals surface area contributed by atoms with E-state index in [1.165, 1.54) is 28.9 Å². The number of carboxylic acid groups (broad SMARTS) is 1. The van der Waals surface area contributed by atoms with Crippen molar-refractivity contribution in [2.24, 2.45) is 0 Å². The molecule has 1 aromatic heterocycles. The molecule has 0 fully saturated rings. The van der Waals surface area contributed by atoms with E-state index in [0.717, 1.165) is 11.3 Å². The van der Waals surface area contributed by atoms with Crippen molar-refractivity contribution in [1.82, 2.24) is 9.59 Å². The van der Waals surface area contributed by atoms with E-state index in [9.17, 15) is 4.79 Å². The maximum absolute atomic E-state index is 11.2. The Labute approximate surface area is 120 Å². The summed E-state index contributed by atoms with van der Waals surface area (Å²) in [6.45, 7) is 3.34. The van der Waals surface area contributed by atoms with Crippen LogP contribution in [0.15, 0.2) is 35.4 Å². The molecule has 0 bridgehead atoms. The summed E-state index contributed by atoms with van der Waals surface area (Å²) in [5.41, 5.74) is 1.17. The Hall–Kier alpha value is -1.40. The van der Waals surface area contributed by atoms with Crippen LogP contribution in [0, 0.1) is 0 Å². The van der Waals surface area contributed by atoms with Crippen LogP contribution in [0.1, 0.15) is 24.3 Å². The van der Waals surface area contributed by atoms with Gasteiger partial charge in [-0.3, -0.25) is 4.79 Å². The summed E-state index contributed by atoms with van der Waals surface area (Å²) in [4.78, 5) is 12.2. The van der Waals surface area contributed by atoms with Gasteiger partial charge in [0, 0.05) is 6.42 Å². The Kier molecular flexibility index (Phi) is 4.21. The van der Waals surface area contributed by atoms with Crippen molar-refractivity contribution >= 4 is 29.3 Å². The van der Waals surface area contributed by atoms with Crippen LogP contribution in [-0.4, -0.2) is 25.4 Å². The van der Waals surface area contributed by atoms with Crippen LogP contribution in [-0.2, 0) is 11.2 Å². The monoisotopic (exact) mass is 294 g/mol. The normalized spacial score (nSPS) is 11.5. The zero-order valence-corrected chi connectivity index (χ0v) is 12.3. The summed E-state index contributed by atoms with van der Waals surface area (Å²) in [5, 5.41) is 13.9. The van der Waals surface area contributed by atoms with Gasteiger partial charge in [-0.25, -0.2) is 0 Å². The van der Waals surface area contributed by atoms with Crippen LogP contribution < -0.4 is 0 Å². The third-order valence-corrected chi connectivity index (χ3v) is 4.65. The lowest BCUT2D eigenvalue weighted by molar-refractivity contribution is -0.138. The Bertz CT molecular complexity index is 567. The highest BCUT2D eigenvalue weighted by atomic mass is 32.2. The van der Waals surface area contributed by atoms with Gasteiger partial charge in [-0.2, -0.15) is 0 Å². The van der Waals surface area contributed by atoms with Gasteiger partial charge in [0.25, 0.3) is 0 Å². The molecule has 1 aromatic carbocycles. The van der Waals surface area contributed by atoms with Crippen molar-refractivity contribution in [3.63, 3.8) is 0 Å². The molecule has 1 heterocycles. The van der Waals surface area contributed by atoms with E-state index in [1.54, 1.807) is 13.8 Å². The average Bonchev–Trinajstić information content (AvgIpc) is 2.77. The van der Waals surface area contributed by atoms with E-state index in [2.05, 4.69) is 9.59 Å². The van der Waals surface area contributed by atoms with Crippen LogP contribution in [0.5, 0.6) is 0 Å². The van der Waals surface area contributed by atoms with Gasteiger partial charge < -0.3 is 5.11 Å². The van der Waals surface area contributed by atoms with E-state index in [-0.39, 0.29) is 0 Å². The van der Waals surface area contributed by atoms with Crippen LogP contribution in [0.25, 0.3) is 0 Å². The van der Waals surface area contributed by atoms with Crippen LogP contribution in [0.2, 0.25) is 0 Å². The van der Waals surface area contributed by atoms with Crippen molar-refractivity contribution < 1.29 is 9.90 Å². The highest BCUT2D eigenvalue weighted by molar-refractivity contribution is 8.01. The number of hydrogen-bond acceptors (Lipinski definition) is 5. The van der Waals surface area contributed by atoms with Crippen molar-refractivity contribution in [3.8, 4) is 0 Å². The second-order valence-electron chi connectivity index (χ2n) is 4.58. The van der Waals surface area contributed by atoms with E-state index in [4.69, 9.17) is 5.11 Å². The van der Waals surface area contributed by atoms with Crippen molar-refractivity contribution in [2.75, 3.05) is 0 Å². The molecule has 0 aliphatic rings. The molecule has 0 saturated heterocycles. The highest BCUT2D eigenvalue weighted by Gasteiger charge is 2.30. The fourth-order valence-electron chi connectivity index (χ4n) is 1.45. The van der Waals surface area contributed by atoms with Gasteiger partial charge in [0.1, 0.15) is 9.77 Å². The molecular weight excluding hydrogens is 280 g/mol. The van der Waals surface area contributed by atoms with Crippen LogP contribution in [0.3, 0.4) is 0 Å². The molecule has 2 aromatic rings. The van der Waals surface area contributed by atoms with Gasteiger partial charge in [-0.1, -0.05) is 46.6 Å². The maximum Gasteiger partial charge on any atom is 0.319 e. The number of nitrogens with zero attached hydrogens (tertiary/aromatic N) is 2. The summed E-state index contributed by atoms with van der Waals surface area (Å²) < 4.78 is 3.04. The van der Waals surface area contributed by atoms with Crippen molar-refractivity contribution in [2.45, 2.75) is 30.0 Å². The third-order valence-electron chi connectivity index (χ3n) is 2.60. The molecule has 1 N–H and O–H groups in total. The molecule has 0 amide bonds. The second-order valence-corrected chi connectivity index (χ2v) is 7.03. The van der Waals surface area contributed by atoms with Gasteiger partial charge in [0.15, 0.2) is 0 Å². The SMILES string of the molecule is CC(C)(Sc1nnsc1Cc1ccccc1)C(=O)O. The van der Waals surface area contributed by atoms with Crippen molar-refractivity contribution in [3.05, 3.63) is 40.8 Å². The number of carboxylic acids is 1. The highest BCUT2D eigenvalue weighted by Crippen LogP contribution is 2.35. The lowest BCUT2D eigenvalue weighted by atomic mass is 10.1. The third kappa shape index (κ3) is 3.54. The predicted molar refractivity (Wildman–Crippen MR) is 76.7 cm³/mol. The molecule has 0 aliphatic carbocycles. The number of aromatic nitrogens is 2. The lowest BCUT2D eigenvalue weighted by Gasteiger charge is -2.17. The van der Waals surface area contributed by atoms with Crippen molar-refractivity contribution in [1.29, 1.82) is 0 Å². The van der Waals surface area contributed by atoms with Crippen LogP contribution >= 0.6 is 23.3 Å². The fraction of sp³-hybridized carbons (Fsp3) is 0.308. The van der Waals surface area contributed by atoms with Gasteiger partial charge in [-0.15, -0.1) is 5.10 Å². The summed E-state index contributed by atoms with van der Waals surface area (Å²) in [6.07, 6.45) is 0.733. The number of rotatable bonds is 5. The fourth-order valence-corrected chi connectivity index (χ4v) is 3.15. The molecule has 0 spiro atoms. The summed E-state index contributed by atoms with van der Waals surface area (Å²) in [5.74, 6) is -0.851. The molecule has 19 heavy (non-hydrogen) atoms. The molecular formula is C13H14N2O2S2. The topological polar surface area (TPSA) is 63.1 Å². The number of carbonyl (C=O) groups is 1. The van der Waals surface area contributed by atoms with E-state index >= 15 is 0 Å². The average molecular weight is 294 g/mol. The quantitative estimate of drug-likeness (QED) is 0.859. The summed E-state index contributed by atoms with van der Waals surface area (Å²) >= 11 is 2.57. The molecule has 2 rings (SSSR count). The Morgan fingerprint density at radius 3 is 2.68 bits per heavy atom. The number of benzene rings is 1. The molecule has 6 heteroatoms. The predicted octanol–water partition coefficient (Wildman–Crippen LogP) is 3.08. The van der Waals surface area contributed by atoms with Gasteiger partial charge in [-0.05, 0) is 30.9 Å². The van der Waals surface area contributed by atoms with E-state index in [0.29, 0.717) is 5.03 Å². The van der Waals surface area contributed by atoms with Gasteiger partial charge in [0.2, 0.25) is 0 Å². The Morgan fingerprint density at radius 2 is 2.05 bits per heavy atom. The lowest BCUT2D eigenvalue weighted by Crippen LogP contribution is -2.27. The minimum Gasteiger partial charge on any atom is -0.480 e. The molecule has 100 valence electrons. The Morgan fingerprint density at radius 1 is 1.37 bits per heavy atom. The number of thioether (sulfide) groups is 1. The number of aliphatic carboxylic acids is 1. The standard InChI is InChI=1S/C13H14N2O2S2/c1-13(2,12(16)17)18-11-10(19-15-14-11)8-9-6-4-3-5-7-9/h3-7H,8H2,1-2H3,(H,16,17). The van der Waals surface area contributed by atoms with E-state index in [1.807, 2.05) is 30.3 Å². The second kappa shape index (κ2) is 5.71. The molecule has 0 atom stereocenters. The Balaban J connectivity index is 2.17. The first-order valence-electron chi connectivity index (χ1n) is 5.76. The molecule has 0 unspecified atom stereocenters. The number of hydrogen-bond donors (Lipinski definition) is 1. The van der Waals surface area contributed by atoms with Crippen LogP contribution in [0.4, 0.5) is 0 Å². The molecule has 4 nitrogen and oxygen atoms in total. The molecule has 0 radical (unpaired) electrons. The van der Waals surface area contributed by atoms with Gasteiger partial charge in [0.05, 0.1) is 4.88 Å². The zero-order valence-electron chi connectivity index (χ0n) is 10.7. The largest absolute Gasteiger partial charge is 0.480 e. The summed E-state index contributed by atoms with van der Waals surface area (Å²) in [6, 6.07) is 10.0. The first kappa shape index (κ1) is 14.0. The molecule has 0 saturated carbocycles. The smallest absolute Gasteiger partial charge is 0.319 e. The maximum atomic E-state index is 11.2. The first-order valence-corrected chi connectivity index (χ1v) is 7.35. The first-order chi connectivity index (χ1) is 8.99. The van der Waals surface area contributed by atoms with Gasteiger partial charge >= 0.3 is 5.97 Å². The zero-order chi connectivity index (χ0) is 13.9. The summed E-state index contributed by atoms with van der Waals surface area (Å²) in [7, 11) is 0. The molecule has 0 aliphatic heterocycles. The minimum atomic E-state index is -0.902.